The summed E-state index contributed by atoms with van der Waals surface area (Å²) in [5.41, 5.74) is 0. The molecule has 0 saturated heterocycles. The van der Waals surface area contributed by atoms with E-state index in [0.717, 1.165) is 0 Å². The van der Waals surface area contributed by atoms with Crippen LogP contribution in [0.4, 0.5) is 0 Å². The van der Waals surface area contributed by atoms with Gasteiger partial charge < -0.3 is 0 Å². The Morgan fingerprint density at radius 1 is 0.692 bits per heavy atom. The Morgan fingerprint density at radius 3 is 1.31 bits per heavy atom. The van der Waals surface area contributed by atoms with Crippen molar-refractivity contribution in [1.29, 1.82) is 0 Å². The number of hydrogen-bond acceptors (Lipinski definition) is 2. The first-order valence-electron chi connectivity index (χ1n) is 4.49. The van der Waals surface area contributed by atoms with Gasteiger partial charge in [-0.25, -0.2) is 0 Å². The molecule has 0 aromatic carbocycles. The van der Waals surface area contributed by atoms with Gasteiger partial charge in [-0.1, -0.05) is 0 Å². The van der Waals surface area contributed by atoms with Gasteiger partial charge in [0.15, 0.2) is 0 Å². The third kappa shape index (κ3) is 1.69. The van der Waals surface area contributed by atoms with E-state index < -0.39 is 20.8 Å². The van der Waals surface area contributed by atoms with Gasteiger partial charge in [-0.2, -0.15) is 0 Å². The normalized spacial score (nSPS) is 22.3. The van der Waals surface area contributed by atoms with Crippen molar-refractivity contribution in [2.24, 2.45) is 7.35 Å². The second-order valence-electron chi connectivity index (χ2n) is 3.59. The topological polar surface area (TPSA) is 52.0 Å². The Labute approximate surface area is 83.9 Å². The van der Waals surface area contributed by atoms with Gasteiger partial charge >= 0.3 is 84.1 Å². The van der Waals surface area contributed by atoms with Gasteiger partial charge in [-0.05, 0) is 0 Å². The zero-order chi connectivity index (χ0) is 9.31. The average molecular weight is 253 g/mol. The van der Waals surface area contributed by atoms with Crippen LogP contribution in [-0.4, -0.2) is 0 Å². The van der Waals surface area contributed by atoms with Crippen molar-refractivity contribution in [3.05, 3.63) is 48.6 Å². The molecule has 0 radical (unpaired) electrons. The van der Waals surface area contributed by atoms with Crippen molar-refractivity contribution in [2.45, 2.75) is 7.25 Å². The van der Waals surface area contributed by atoms with Crippen LogP contribution < -0.4 is 7.35 Å². The summed E-state index contributed by atoms with van der Waals surface area (Å²) in [5.74, 6) is 0. The monoisotopic (exact) mass is 252 g/mol. The van der Waals surface area contributed by atoms with Crippen molar-refractivity contribution in [3.8, 4) is 0 Å². The fraction of sp³-hybridized carbons (Fsp3) is 0.200. The molecular formula is C10H14N2Zr. The van der Waals surface area contributed by atoms with Crippen LogP contribution in [0.15, 0.2) is 48.6 Å². The van der Waals surface area contributed by atoms with Crippen LogP contribution in [0, 0.1) is 0 Å². The van der Waals surface area contributed by atoms with E-state index in [-0.39, 0.29) is 0 Å². The van der Waals surface area contributed by atoms with Gasteiger partial charge in [-0.3, -0.25) is 0 Å². The Bertz CT molecular complexity index is 259. The number of allylic oxidation sites excluding steroid dienone is 8. The first kappa shape index (κ1) is 9.32. The molecule has 0 heterocycles. The summed E-state index contributed by atoms with van der Waals surface area (Å²) < 4.78 is 13.3. The molecule has 2 nitrogen and oxygen atoms in total. The van der Waals surface area contributed by atoms with E-state index in [1.54, 1.807) is 0 Å². The summed E-state index contributed by atoms with van der Waals surface area (Å²) in [7, 11) is 0. The average Bonchev–Trinajstić information content (AvgIpc) is 2.78. The van der Waals surface area contributed by atoms with Crippen LogP contribution in [0.3, 0.4) is 0 Å². The van der Waals surface area contributed by atoms with Gasteiger partial charge in [-0.15, -0.1) is 0 Å². The fourth-order valence-electron chi connectivity index (χ4n) is 1.75. The molecule has 0 amide bonds. The fourth-order valence-corrected chi connectivity index (χ4v) is 7.21. The van der Waals surface area contributed by atoms with E-state index in [2.05, 4.69) is 24.3 Å². The molecule has 0 aromatic heterocycles. The molecule has 2 aliphatic carbocycles. The van der Waals surface area contributed by atoms with E-state index in [9.17, 15) is 0 Å². The molecule has 0 aromatic rings. The molecule has 0 aliphatic heterocycles. The molecule has 13 heavy (non-hydrogen) atoms. The van der Waals surface area contributed by atoms with E-state index >= 15 is 0 Å². The Kier molecular flexibility index (Phi) is 2.50. The summed E-state index contributed by atoms with van der Waals surface area (Å²) in [6, 6.07) is 0. The zero-order valence-electron chi connectivity index (χ0n) is 7.43. The van der Waals surface area contributed by atoms with Gasteiger partial charge in [0.2, 0.25) is 0 Å². The summed E-state index contributed by atoms with van der Waals surface area (Å²) in [5, 5.41) is 0. The first-order chi connectivity index (χ1) is 6.21. The van der Waals surface area contributed by atoms with Gasteiger partial charge in [0, 0.05) is 0 Å². The second-order valence-corrected chi connectivity index (χ2v) is 11.8. The summed E-state index contributed by atoms with van der Waals surface area (Å²) in [6.45, 7) is 0. The van der Waals surface area contributed by atoms with Crippen LogP contribution in [0.1, 0.15) is 0 Å². The van der Waals surface area contributed by atoms with Crippen molar-refractivity contribution in [1.82, 2.24) is 0 Å². The van der Waals surface area contributed by atoms with Crippen LogP contribution in [0.2, 0.25) is 7.25 Å². The predicted octanol–water partition coefficient (Wildman–Crippen LogP) is 1.72. The van der Waals surface area contributed by atoms with E-state index in [0.29, 0.717) is 7.25 Å². The number of hydrogen-bond donors (Lipinski definition) is 2. The maximum atomic E-state index is 6.31. The first-order valence-corrected chi connectivity index (χ1v) is 10.2. The molecule has 2 rings (SSSR count). The molecule has 0 bridgehead atoms. The molecule has 0 fully saturated rings. The molecule has 0 unspecified atom stereocenters. The Balaban J connectivity index is 2.19. The van der Waals surface area contributed by atoms with Crippen molar-refractivity contribution in [3.63, 3.8) is 0 Å². The Hall–Kier alpha value is -0.237. The molecule has 0 spiro atoms. The third-order valence-electron chi connectivity index (χ3n) is 2.65. The second kappa shape index (κ2) is 3.49. The SMILES string of the molecule is [NH2][Zr]([NH2])([CH]1C=CC=C1)[CH]1C=CC=C1. The molecule has 4 N–H and O–H groups in total. The van der Waals surface area contributed by atoms with Crippen molar-refractivity contribution in [2.75, 3.05) is 0 Å². The van der Waals surface area contributed by atoms with Gasteiger partial charge in [0.1, 0.15) is 0 Å². The summed E-state index contributed by atoms with van der Waals surface area (Å²) in [6.07, 6.45) is 16.7. The van der Waals surface area contributed by atoms with Crippen LogP contribution in [0.25, 0.3) is 0 Å². The van der Waals surface area contributed by atoms with Crippen LogP contribution in [-0.2, 0) is 20.8 Å². The minimum atomic E-state index is -2.95. The zero-order valence-corrected chi connectivity index (χ0v) is 9.89. The van der Waals surface area contributed by atoms with E-state index in [4.69, 9.17) is 7.35 Å². The minimum absolute atomic E-state index is 0.353. The van der Waals surface area contributed by atoms with E-state index in [1.165, 1.54) is 0 Å². The quantitative estimate of drug-likeness (QED) is 0.787. The third-order valence-corrected chi connectivity index (χ3v) is 10.2. The molecule has 68 valence electrons. The molecule has 0 saturated carbocycles. The standard InChI is InChI=1S/2C5H5.2H2N.Zr/c2*1-2-4-5-3-1;;;/h2*1-5H;2*1H2;/q;;2*-1;+2. The summed E-state index contributed by atoms with van der Waals surface area (Å²) >= 11 is -2.95. The van der Waals surface area contributed by atoms with Crippen molar-refractivity contribution >= 4 is 0 Å². The molecule has 3 heteroatoms. The number of nitrogens with two attached hydrogens (primary N) is 2. The van der Waals surface area contributed by atoms with Crippen molar-refractivity contribution < 1.29 is 20.8 Å². The summed E-state index contributed by atoms with van der Waals surface area (Å²) in [4.78, 5) is 0. The van der Waals surface area contributed by atoms with Crippen LogP contribution >= 0.6 is 0 Å². The molecule has 0 atom stereocenters. The molecule has 2 aliphatic rings. The maximum absolute atomic E-state index is 6.31. The van der Waals surface area contributed by atoms with Gasteiger partial charge in [0.05, 0.1) is 0 Å². The Morgan fingerprint density at radius 2 is 1.00 bits per heavy atom. The predicted molar refractivity (Wildman–Crippen MR) is 52.4 cm³/mol. The van der Waals surface area contributed by atoms with Gasteiger partial charge in [0.25, 0.3) is 0 Å². The number of rotatable bonds is 2. The molecular weight excluding hydrogens is 239 g/mol. The van der Waals surface area contributed by atoms with Crippen LogP contribution in [0.5, 0.6) is 0 Å². The van der Waals surface area contributed by atoms with E-state index in [1.807, 2.05) is 24.3 Å².